The Morgan fingerprint density at radius 1 is 0.786 bits per heavy atom. The molecule has 28 heavy (non-hydrogen) atoms. The smallest absolute Gasteiger partial charge is 0.167 e. The first-order valence-corrected chi connectivity index (χ1v) is 8.62. The Bertz CT molecular complexity index is 1100. The van der Waals surface area contributed by atoms with Crippen molar-refractivity contribution in [2.45, 2.75) is 13.3 Å². The lowest BCUT2D eigenvalue weighted by Crippen LogP contribution is -2.32. The Balaban J connectivity index is 2.16. The number of benzene rings is 3. The fourth-order valence-electron chi connectivity index (χ4n) is 3.10. The summed E-state index contributed by atoms with van der Waals surface area (Å²) in [6, 6.07) is 18.4. The van der Waals surface area contributed by atoms with Crippen LogP contribution in [0.3, 0.4) is 0 Å². The maximum atomic E-state index is 12.6. The lowest BCUT2D eigenvalue weighted by molar-refractivity contribution is -0.301. The van der Waals surface area contributed by atoms with Crippen LogP contribution in [0.15, 0.2) is 72.3 Å². The van der Waals surface area contributed by atoms with Crippen LogP contribution in [0.5, 0.6) is 0 Å². The van der Waals surface area contributed by atoms with E-state index in [0.29, 0.717) is 10.9 Å². The van der Waals surface area contributed by atoms with Crippen LogP contribution in [-0.4, -0.2) is 17.7 Å². The van der Waals surface area contributed by atoms with Gasteiger partial charge in [0.2, 0.25) is 0 Å². The van der Waals surface area contributed by atoms with Crippen molar-refractivity contribution < 1.29 is 24.6 Å². The van der Waals surface area contributed by atoms with Gasteiger partial charge in [-0.1, -0.05) is 72.3 Å². The Morgan fingerprint density at radius 3 is 2.07 bits per heavy atom. The second-order valence-electron chi connectivity index (χ2n) is 6.42. The average molecular weight is 372 g/mol. The van der Waals surface area contributed by atoms with Crippen LogP contribution >= 0.6 is 0 Å². The minimum absolute atomic E-state index is 0.175. The molecule has 0 spiro atoms. The number of carboxylic acid groups (broad SMARTS) is 2. The molecule has 5 heteroatoms. The maximum absolute atomic E-state index is 12.6. The fraction of sp³-hybridized carbons (Fsp3) is 0.0870. The summed E-state index contributed by atoms with van der Waals surface area (Å²) in [5.74, 6) is -3.90. The van der Waals surface area contributed by atoms with Gasteiger partial charge in [0, 0.05) is 17.6 Å². The summed E-state index contributed by atoms with van der Waals surface area (Å²) in [4.78, 5) is 36.2. The van der Waals surface area contributed by atoms with Crippen molar-refractivity contribution in [3.63, 3.8) is 0 Å². The third-order valence-electron chi connectivity index (χ3n) is 4.52. The molecule has 5 nitrogen and oxygen atoms in total. The molecule has 0 saturated carbocycles. The second kappa shape index (κ2) is 7.88. The summed E-state index contributed by atoms with van der Waals surface area (Å²) < 4.78 is 0. The van der Waals surface area contributed by atoms with Crippen molar-refractivity contribution >= 4 is 34.1 Å². The van der Waals surface area contributed by atoms with Gasteiger partial charge in [-0.25, -0.2) is 0 Å². The molecule has 0 aliphatic rings. The highest BCUT2D eigenvalue weighted by molar-refractivity contribution is 6.25. The third kappa shape index (κ3) is 3.83. The average Bonchev–Trinajstić information content (AvgIpc) is 2.67. The van der Waals surface area contributed by atoms with E-state index in [2.05, 4.69) is 0 Å². The van der Waals surface area contributed by atoms with Gasteiger partial charge in [-0.2, -0.15) is 0 Å². The van der Waals surface area contributed by atoms with E-state index in [0.717, 1.165) is 10.9 Å². The first-order chi connectivity index (χ1) is 13.4. The number of aryl methyl sites for hydroxylation is 1. The number of fused-ring (bicyclic) bond motifs is 1. The molecule has 3 rings (SSSR count). The molecule has 0 amide bonds. The van der Waals surface area contributed by atoms with E-state index in [-0.39, 0.29) is 5.56 Å². The second-order valence-corrected chi connectivity index (χ2v) is 6.42. The zero-order valence-corrected chi connectivity index (χ0v) is 15.1. The van der Waals surface area contributed by atoms with Crippen molar-refractivity contribution in [2.75, 3.05) is 0 Å². The van der Waals surface area contributed by atoms with Crippen molar-refractivity contribution in [2.24, 2.45) is 0 Å². The first-order valence-electron chi connectivity index (χ1n) is 8.62. The fourth-order valence-corrected chi connectivity index (χ4v) is 3.10. The Morgan fingerprint density at radius 2 is 1.43 bits per heavy atom. The Labute approximate surface area is 161 Å². The van der Waals surface area contributed by atoms with Gasteiger partial charge in [-0.15, -0.1) is 0 Å². The highest BCUT2D eigenvalue weighted by Crippen LogP contribution is 2.29. The predicted molar refractivity (Wildman–Crippen MR) is 101 cm³/mol. The predicted octanol–water partition coefficient (Wildman–Crippen LogP) is 1.67. The summed E-state index contributed by atoms with van der Waals surface area (Å²) in [7, 11) is 0. The summed E-state index contributed by atoms with van der Waals surface area (Å²) >= 11 is 0. The molecule has 3 aromatic carbocycles. The highest BCUT2D eigenvalue weighted by Gasteiger charge is 2.18. The van der Waals surface area contributed by atoms with Crippen molar-refractivity contribution in [1.29, 1.82) is 0 Å². The Kier molecular flexibility index (Phi) is 5.36. The SMILES string of the molecule is Cc1ccc(C(=O)C/C(C(=O)[O-])=C(\C(=O)[O-])c2cccc3ccccc23)cc1. The van der Waals surface area contributed by atoms with Crippen LogP contribution < -0.4 is 10.2 Å². The van der Waals surface area contributed by atoms with Crippen LogP contribution in [0.25, 0.3) is 16.3 Å². The summed E-state index contributed by atoms with van der Waals surface area (Å²) in [5.41, 5.74) is 0.256. The van der Waals surface area contributed by atoms with Gasteiger partial charge in [-0.3, -0.25) is 4.79 Å². The largest absolute Gasteiger partial charge is 0.545 e. The summed E-state index contributed by atoms with van der Waals surface area (Å²) in [6.45, 7) is 1.86. The Hall–Kier alpha value is -3.73. The molecule has 0 unspecified atom stereocenters. The highest BCUT2D eigenvalue weighted by atomic mass is 16.4. The maximum Gasteiger partial charge on any atom is 0.167 e. The zero-order valence-electron chi connectivity index (χ0n) is 15.1. The lowest BCUT2D eigenvalue weighted by Gasteiger charge is -2.19. The van der Waals surface area contributed by atoms with Crippen LogP contribution in [-0.2, 0) is 9.59 Å². The van der Waals surface area contributed by atoms with Crippen LogP contribution in [0.2, 0.25) is 0 Å². The third-order valence-corrected chi connectivity index (χ3v) is 4.52. The van der Waals surface area contributed by atoms with Crippen LogP contribution in [0.1, 0.15) is 27.9 Å². The normalized spacial score (nSPS) is 11.8. The molecule has 0 saturated heterocycles. The topological polar surface area (TPSA) is 97.3 Å². The molecule has 3 aromatic rings. The van der Waals surface area contributed by atoms with Gasteiger partial charge >= 0.3 is 0 Å². The molecule has 0 aliphatic heterocycles. The van der Waals surface area contributed by atoms with E-state index in [1.54, 1.807) is 60.7 Å². The van der Waals surface area contributed by atoms with Gasteiger partial charge in [0.15, 0.2) is 5.78 Å². The molecule has 0 N–H and O–H groups in total. The molecule has 0 atom stereocenters. The number of ketones is 1. The van der Waals surface area contributed by atoms with E-state index in [1.807, 2.05) is 6.92 Å². The number of rotatable bonds is 6. The van der Waals surface area contributed by atoms with Crippen molar-refractivity contribution in [3.8, 4) is 0 Å². The number of carbonyl (C=O) groups is 3. The number of Topliss-reactive ketones (excluding diaryl/α,β-unsaturated/α-hetero) is 1. The van der Waals surface area contributed by atoms with E-state index in [9.17, 15) is 24.6 Å². The molecule has 0 radical (unpaired) electrons. The van der Waals surface area contributed by atoms with E-state index >= 15 is 0 Å². The minimum Gasteiger partial charge on any atom is -0.545 e. The van der Waals surface area contributed by atoms with Gasteiger partial charge in [-0.05, 0) is 28.8 Å². The van der Waals surface area contributed by atoms with Gasteiger partial charge in [0.1, 0.15) is 0 Å². The van der Waals surface area contributed by atoms with E-state index in [4.69, 9.17) is 0 Å². The van der Waals surface area contributed by atoms with Gasteiger partial charge < -0.3 is 19.8 Å². The molecule has 140 valence electrons. The summed E-state index contributed by atoms with van der Waals surface area (Å²) in [6.07, 6.45) is -0.613. The molecule has 0 aromatic heterocycles. The molecule has 0 fully saturated rings. The van der Waals surface area contributed by atoms with Crippen LogP contribution in [0, 0.1) is 6.92 Å². The number of carbonyl (C=O) groups excluding carboxylic acids is 3. The molecular weight excluding hydrogens is 356 g/mol. The number of carboxylic acids is 2. The van der Waals surface area contributed by atoms with Gasteiger partial charge in [0.25, 0.3) is 0 Å². The number of hydrogen-bond donors (Lipinski definition) is 0. The van der Waals surface area contributed by atoms with Gasteiger partial charge in [0.05, 0.1) is 11.9 Å². The minimum atomic E-state index is -1.72. The molecule has 0 bridgehead atoms. The summed E-state index contributed by atoms with van der Waals surface area (Å²) in [5, 5.41) is 24.9. The number of aliphatic carboxylic acids is 2. The zero-order chi connectivity index (χ0) is 20.3. The van der Waals surface area contributed by atoms with Crippen molar-refractivity contribution in [3.05, 3.63) is 89.0 Å². The quantitative estimate of drug-likeness (QED) is 0.484. The standard InChI is InChI=1S/C23H18O5/c1-14-9-11-16(12-10-14)20(24)13-19(22(25)26)21(23(27)28)18-8-4-6-15-5-2-3-7-17(15)18/h2-12H,13H2,1H3,(H,25,26)(H,27,28)/p-2/b21-19+. The van der Waals surface area contributed by atoms with E-state index in [1.165, 1.54) is 6.07 Å². The van der Waals surface area contributed by atoms with Crippen LogP contribution in [0.4, 0.5) is 0 Å². The molecule has 0 aliphatic carbocycles. The van der Waals surface area contributed by atoms with E-state index < -0.39 is 35.3 Å². The lowest BCUT2D eigenvalue weighted by atomic mass is 9.91. The molecule has 0 heterocycles. The number of hydrogen-bond acceptors (Lipinski definition) is 5. The van der Waals surface area contributed by atoms with Crippen molar-refractivity contribution in [1.82, 2.24) is 0 Å². The monoisotopic (exact) mass is 372 g/mol. The first kappa shape index (κ1) is 19.0. The molecular formula is C23H16O5-2.